The minimum atomic E-state index is -0.452. The van der Waals surface area contributed by atoms with Crippen LogP contribution in [0.2, 0.25) is 0 Å². The van der Waals surface area contributed by atoms with Gasteiger partial charge in [0.05, 0.1) is 16.2 Å². The van der Waals surface area contributed by atoms with E-state index in [4.69, 9.17) is 14.6 Å². The molecule has 1 atom stereocenters. The number of allylic oxidation sites excluding steroid dienone is 1. The van der Waals surface area contributed by atoms with Gasteiger partial charge in [0, 0.05) is 43.6 Å². The maximum absolute atomic E-state index is 12.2. The molecule has 1 saturated heterocycles. The van der Waals surface area contributed by atoms with Gasteiger partial charge < -0.3 is 19.7 Å². The fourth-order valence-electron chi connectivity index (χ4n) is 4.28. The van der Waals surface area contributed by atoms with Gasteiger partial charge in [-0.25, -0.2) is 9.79 Å². The first-order valence-electron chi connectivity index (χ1n) is 9.86. The molecule has 4 rings (SSSR count). The molecule has 2 fully saturated rings. The summed E-state index contributed by atoms with van der Waals surface area (Å²) in [6.45, 7) is 9.30. The quantitative estimate of drug-likeness (QED) is 0.738. The number of rotatable bonds is 3. The number of likely N-dealkylation sites (tertiary alicyclic amines) is 1. The maximum atomic E-state index is 12.2. The number of carbonyl (C=O) groups excluding carboxylic acids is 1. The second-order valence-corrected chi connectivity index (χ2v) is 10.0. The highest BCUT2D eigenvalue weighted by Gasteiger charge is 2.55. The smallest absolute Gasteiger partial charge is 0.410 e. The van der Waals surface area contributed by atoms with Crippen LogP contribution in [-0.2, 0) is 9.47 Å². The number of halogens is 1. The predicted octanol–water partition coefficient (Wildman–Crippen LogP) is 3.47. The van der Waals surface area contributed by atoms with Gasteiger partial charge in [-0.05, 0) is 56.5 Å². The lowest BCUT2D eigenvalue weighted by Crippen LogP contribution is -2.64. The van der Waals surface area contributed by atoms with Crippen molar-refractivity contribution in [2.75, 3.05) is 20.2 Å². The van der Waals surface area contributed by atoms with Crippen LogP contribution < -0.4 is 5.32 Å². The van der Waals surface area contributed by atoms with E-state index >= 15 is 0 Å². The first-order chi connectivity index (χ1) is 13.6. The summed E-state index contributed by atoms with van der Waals surface area (Å²) in [7, 11) is 1.61. The second kappa shape index (κ2) is 7.12. The van der Waals surface area contributed by atoms with Gasteiger partial charge in [0.2, 0.25) is 6.35 Å². The Balaban J connectivity index is 1.38. The maximum Gasteiger partial charge on any atom is 0.410 e. The molecule has 1 amide bonds. The fourth-order valence-corrected chi connectivity index (χ4v) is 4.77. The van der Waals surface area contributed by atoms with Crippen LogP contribution in [0.15, 0.2) is 15.7 Å². The molecular weight excluding hydrogens is 438 g/mol. The van der Waals surface area contributed by atoms with Crippen molar-refractivity contribution in [1.29, 1.82) is 0 Å². The molecule has 1 saturated carbocycles. The van der Waals surface area contributed by atoms with Crippen molar-refractivity contribution in [1.82, 2.24) is 20.0 Å². The molecule has 2 aliphatic heterocycles. The summed E-state index contributed by atoms with van der Waals surface area (Å²) < 4.78 is 13.7. The Labute approximate surface area is 179 Å². The lowest BCUT2D eigenvalue weighted by atomic mass is 9.61. The zero-order chi connectivity index (χ0) is 21.0. The van der Waals surface area contributed by atoms with E-state index in [9.17, 15) is 4.79 Å². The third-order valence-electron chi connectivity index (χ3n) is 5.69. The molecule has 1 aliphatic carbocycles. The SMILES string of the molecule is COC1N=CC(c2nn(C3CC4(C3)CN(C(=O)OC(C)(C)C)C4)c(C)c2Br)=CN1. The van der Waals surface area contributed by atoms with Crippen LogP contribution >= 0.6 is 15.9 Å². The molecular formula is C20H28BrN5O3. The van der Waals surface area contributed by atoms with Gasteiger partial charge in [-0.2, -0.15) is 5.10 Å². The van der Waals surface area contributed by atoms with E-state index in [-0.39, 0.29) is 17.9 Å². The molecule has 3 heterocycles. The van der Waals surface area contributed by atoms with Crippen LogP contribution in [0.3, 0.4) is 0 Å². The topological polar surface area (TPSA) is 81.0 Å². The Bertz CT molecular complexity index is 871. The summed E-state index contributed by atoms with van der Waals surface area (Å²) >= 11 is 3.69. The van der Waals surface area contributed by atoms with Crippen molar-refractivity contribution in [3.8, 4) is 0 Å². The Morgan fingerprint density at radius 2 is 2.03 bits per heavy atom. The van der Waals surface area contributed by atoms with Crippen LogP contribution in [0.4, 0.5) is 4.79 Å². The van der Waals surface area contributed by atoms with E-state index in [0.29, 0.717) is 6.04 Å². The number of aromatic nitrogens is 2. The van der Waals surface area contributed by atoms with E-state index in [1.807, 2.05) is 27.0 Å². The monoisotopic (exact) mass is 465 g/mol. The van der Waals surface area contributed by atoms with Crippen molar-refractivity contribution in [2.24, 2.45) is 10.4 Å². The van der Waals surface area contributed by atoms with Gasteiger partial charge in [-0.1, -0.05) is 0 Å². The standard InChI is InChI=1S/C20H28BrN5O3/c1-12-15(21)16(13-8-22-17(28-5)23-9-13)24-26(12)14-6-20(7-14)10-25(11-20)18(27)29-19(2,3)4/h8-9,14,17,22H,6-7,10-11H2,1-5H3. The zero-order valence-electron chi connectivity index (χ0n) is 17.5. The molecule has 3 aliphatic rings. The van der Waals surface area contributed by atoms with Crippen LogP contribution in [0.5, 0.6) is 0 Å². The van der Waals surface area contributed by atoms with Crippen molar-refractivity contribution in [3.05, 3.63) is 22.1 Å². The lowest BCUT2D eigenvalue weighted by Gasteiger charge is -2.58. The molecule has 1 aromatic heterocycles. The highest BCUT2D eigenvalue weighted by Crippen LogP contribution is 2.54. The predicted molar refractivity (Wildman–Crippen MR) is 114 cm³/mol. The van der Waals surface area contributed by atoms with Gasteiger partial charge in [0.25, 0.3) is 0 Å². The summed E-state index contributed by atoms with van der Waals surface area (Å²) in [4.78, 5) is 18.3. The van der Waals surface area contributed by atoms with E-state index in [1.165, 1.54) is 0 Å². The van der Waals surface area contributed by atoms with E-state index in [1.54, 1.807) is 18.2 Å². The summed E-state index contributed by atoms with van der Waals surface area (Å²) in [6.07, 6.45) is 5.16. The van der Waals surface area contributed by atoms with Gasteiger partial charge in [-0.15, -0.1) is 0 Å². The number of amides is 1. The van der Waals surface area contributed by atoms with Gasteiger partial charge in [0.1, 0.15) is 11.3 Å². The Morgan fingerprint density at radius 3 is 2.59 bits per heavy atom. The number of aliphatic imine (C=N–C) groups is 1. The third kappa shape index (κ3) is 3.82. The molecule has 158 valence electrons. The zero-order valence-corrected chi connectivity index (χ0v) is 19.1. The van der Waals surface area contributed by atoms with Crippen LogP contribution in [0, 0.1) is 12.3 Å². The summed E-state index contributed by atoms with van der Waals surface area (Å²) in [5.74, 6) is 0. The first-order valence-corrected chi connectivity index (χ1v) is 10.7. The van der Waals surface area contributed by atoms with Crippen molar-refractivity contribution in [3.63, 3.8) is 0 Å². The normalized spacial score (nSPS) is 23.3. The van der Waals surface area contributed by atoms with Gasteiger partial charge in [-0.3, -0.25) is 4.68 Å². The van der Waals surface area contributed by atoms with Crippen LogP contribution in [0.1, 0.15) is 51.0 Å². The molecule has 1 N–H and O–H groups in total. The summed E-state index contributed by atoms with van der Waals surface area (Å²) in [5, 5.41) is 7.95. The molecule has 1 unspecified atom stereocenters. The number of hydrogen-bond acceptors (Lipinski definition) is 6. The number of nitrogens with zero attached hydrogens (tertiary/aromatic N) is 4. The number of methoxy groups -OCH3 is 1. The molecule has 29 heavy (non-hydrogen) atoms. The van der Waals surface area contributed by atoms with Gasteiger partial charge in [0.15, 0.2) is 0 Å². The Hall–Kier alpha value is -1.87. The molecule has 8 nitrogen and oxygen atoms in total. The second-order valence-electron chi connectivity index (χ2n) is 9.22. The first kappa shape index (κ1) is 20.4. The number of nitrogens with one attached hydrogen (secondary N) is 1. The average molecular weight is 466 g/mol. The minimum absolute atomic E-state index is 0.211. The largest absolute Gasteiger partial charge is 0.444 e. The van der Waals surface area contributed by atoms with E-state index < -0.39 is 5.60 Å². The summed E-state index contributed by atoms with van der Waals surface area (Å²) in [6, 6.07) is 0.349. The van der Waals surface area contributed by atoms with E-state index in [2.05, 4.69) is 37.8 Å². The molecule has 0 aromatic carbocycles. The van der Waals surface area contributed by atoms with Gasteiger partial charge >= 0.3 is 6.09 Å². The number of hydrogen-bond donors (Lipinski definition) is 1. The number of ether oxygens (including phenoxy) is 2. The minimum Gasteiger partial charge on any atom is -0.444 e. The third-order valence-corrected chi connectivity index (χ3v) is 6.64. The lowest BCUT2D eigenvalue weighted by molar-refractivity contribution is -0.0931. The fraction of sp³-hybridized carbons (Fsp3) is 0.650. The Morgan fingerprint density at radius 1 is 1.34 bits per heavy atom. The molecule has 1 aromatic rings. The van der Waals surface area contributed by atoms with Crippen molar-refractivity contribution >= 4 is 33.8 Å². The number of carbonyl (C=O) groups is 1. The van der Waals surface area contributed by atoms with Crippen molar-refractivity contribution < 1.29 is 14.3 Å². The summed E-state index contributed by atoms with van der Waals surface area (Å²) in [5.41, 5.74) is 2.66. The highest BCUT2D eigenvalue weighted by atomic mass is 79.9. The molecule has 9 heteroatoms. The molecule has 1 spiro atoms. The Kier molecular flexibility index (Phi) is 5.01. The molecule has 0 bridgehead atoms. The van der Waals surface area contributed by atoms with Crippen molar-refractivity contribution in [2.45, 2.75) is 58.5 Å². The van der Waals surface area contributed by atoms with E-state index in [0.717, 1.165) is 47.4 Å². The highest BCUT2D eigenvalue weighted by molar-refractivity contribution is 9.10. The van der Waals surface area contributed by atoms with Crippen LogP contribution in [0.25, 0.3) is 5.57 Å². The average Bonchev–Trinajstić information content (AvgIpc) is 2.87. The molecule has 0 radical (unpaired) electrons. The van der Waals surface area contributed by atoms with Crippen LogP contribution in [-0.4, -0.2) is 59.1 Å².